The van der Waals surface area contributed by atoms with Crippen molar-refractivity contribution in [1.82, 2.24) is 14.5 Å². The predicted molar refractivity (Wildman–Crippen MR) is 85.5 cm³/mol. The first-order chi connectivity index (χ1) is 10.9. The van der Waals surface area contributed by atoms with Gasteiger partial charge in [0.15, 0.2) is 11.9 Å². The van der Waals surface area contributed by atoms with Crippen LogP contribution in [0.3, 0.4) is 0 Å². The van der Waals surface area contributed by atoms with Crippen LogP contribution in [-0.2, 0) is 9.53 Å². The summed E-state index contributed by atoms with van der Waals surface area (Å²) in [6.45, 7) is 1.44. The number of hydrogen-bond acceptors (Lipinski definition) is 9. The summed E-state index contributed by atoms with van der Waals surface area (Å²) in [4.78, 5) is 31.3. The van der Waals surface area contributed by atoms with Gasteiger partial charge in [-0.25, -0.2) is 4.98 Å². The third kappa shape index (κ3) is 2.92. The van der Waals surface area contributed by atoms with E-state index in [1.54, 1.807) is 6.92 Å². The molecule has 23 heavy (non-hydrogen) atoms. The van der Waals surface area contributed by atoms with Crippen molar-refractivity contribution < 1.29 is 19.7 Å². The molecule has 4 N–H and O–H groups in total. The molecule has 1 saturated heterocycles. The van der Waals surface area contributed by atoms with Crippen molar-refractivity contribution in [2.24, 2.45) is 0 Å². The smallest absolute Gasteiger partial charge is 0.311 e. The number of carboxylic acid groups (broad SMARTS) is 1. The maximum Gasteiger partial charge on any atom is 0.311 e. The van der Waals surface area contributed by atoms with Crippen LogP contribution < -0.4 is 10.6 Å². The van der Waals surface area contributed by atoms with Crippen molar-refractivity contribution >= 4 is 45.4 Å². The average Bonchev–Trinajstić information content (AvgIpc) is 2.99. The number of fused-ring (bicyclic) bond motifs is 1. The van der Waals surface area contributed by atoms with Crippen molar-refractivity contribution in [2.75, 3.05) is 12.3 Å². The molecule has 0 aliphatic carbocycles. The molecule has 0 saturated carbocycles. The Labute approximate surface area is 138 Å². The molecule has 9 nitrogen and oxygen atoms in total. The van der Waals surface area contributed by atoms with Gasteiger partial charge in [0.2, 0.25) is 5.95 Å². The lowest BCUT2D eigenvalue weighted by molar-refractivity contribution is -0.137. The molecule has 3 rings (SSSR count). The van der Waals surface area contributed by atoms with Crippen LogP contribution in [-0.4, -0.2) is 48.0 Å². The van der Waals surface area contributed by atoms with Gasteiger partial charge in [0.1, 0.15) is 5.44 Å². The van der Waals surface area contributed by atoms with E-state index in [2.05, 4.69) is 9.97 Å². The topological polar surface area (TPSA) is 141 Å². The van der Waals surface area contributed by atoms with Crippen LogP contribution in [0.5, 0.6) is 0 Å². The van der Waals surface area contributed by atoms with Crippen molar-refractivity contribution in [3.8, 4) is 0 Å². The monoisotopic (exact) mass is 358 g/mol. The molecular formula is C12H14N4O5S2. The number of ether oxygens (including phenoxy) is 1. The van der Waals surface area contributed by atoms with E-state index in [0.717, 1.165) is 11.3 Å². The first-order valence-corrected chi connectivity index (χ1v) is 8.45. The van der Waals surface area contributed by atoms with Crippen LogP contribution in [0.15, 0.2) is 4.79 Å². The fraction of sp³-hybridized carbons (Fsp3) is 0.500. The second-order valence-corrected chi connectivity index (χ2v) is 7.33. The highest BCUT2D eigenvalue weighted by Crippen LogP contribution is 2.41. The summed E-state index contributed by atoms with van der Waals surface area (Å²) in [5.41, 5.74) is 5.97. The molecular weight excluding hydrogens is 344 g/mol. The lowest BCUT2D eigenvalue weighted by Crippen LogP contribution is -2.28. The summed E-state index contributed by atoms with van der Waals surface area (Å²) in [5, 5.41) is 17.8. The maximum absolute atomic E-state index is 12.4. The number of rotatable bonds is 4. The van der Waals surface area contributed by atoms with Gasteiger partial charge < -0.3 is 20.7 Å². The Kier molecular flexibility index (Phi) is 4.27. The number of anilines is 1. The molecule has 0 unspecified atom stereocenters. The average molecular weight is 358 g/mol. The summed E-state index contributed by atoms with van der Waals surface area (Å²) in [5.74, 6) is -0.978. The molecule has 0 bridgehead atoms. The number of nitrogens with zero attached hydrogens (tertiary/aromatic N) is 3. The Morgan fingerprint density at radius 2 is 2.22 bits per heavy atom. The number of thiazole rings is 1. The van der Waals surface area contributed by atoms with Gasteiger partial charge in [-0.3, -0.25) is 14.2 Å². The normalized spacial score (nSPS) is 24.3. The van der Waals surface area contributed by atoms with Crippen molar-refractivity contribution in [2.45, 2.75) is 30.3 Å². The fourth-order valence-corrected chi connectivity index (χ4v) is 4.58. The number of hydrogen-bond donors (Lipinski definition) is 3. The van der Waals surface area contributed by atoms with E-state index in [9.17, 15) is 14.7 Å². The zero-order valence-electron chi connectivity index (χ0n) is 12.0. The number of thioether (sulfide) groups is 1. The van der Waals surface area contributed by atoms with E-state index < -0.39 is 22.9 Å². The molecule has 0 amide bonds. The molecule has 2 aromatic rings. The quantitative estimate of drug-likeness (QED) is 0.697. The molecule has 11 heteroatoms. The Hall–Kier alpha value is -1.69. The highest BCUT2D eigenvalue weighted by molar-refractivity contribution is 8.00. The maximum atomic E-state index is 12.4. The molecule has 3 heterocycles. The van der Waals surface area contributed by atoms with Gasteiger partial charge in [-0.2, -0.15) is 4.98 Å². The van der Waals surface area contributed by atoms with Crippen molar-refractivity contribution in [3.05, 3.63) is 15.4 Å². The summed E-state index contributed by atoms with van der Waals surface area (Å²) in [7, 11) is 0. The number of aliphatic hydroxyl groups is 1. The standard InChI is InChI=1S/C12H14N4O5S2/c1-4-8-9(15-11(13)14-4)16(12(20)23-8)10-5(2-6(18)19)22-7(3-17)21-10/h5,7,10,17H,2-3H2,1H3,(H,18,19)(H2,13,14,15)/t5-,7-,10+/m0/s1. The van der Waals surface area contributed by atoms with Crippen LogP contribution in [0.2, 0.25) is 0 Å². The van der Waals surface area contributed by atoms with Gasteiger partial charge in [0.05, 0.1) is 28.7 Å². The molecule has 3 atom stereocenters. The van der Waals surface area contributed by atoms with Crippen LogP contribution in [0, 0.1) is 6.92 Å². The van der Waals surface area contributed by atoms with Gasteiger partial charge in [-0.15, -0.1) is 11.8 Å². The predicted octanol–water partition coefficient (Wildman–Crippen LogP) is 0.167. The van der Waals surface area contributed by atoms with Gasteiger partial charge in [0.25, 0.3) is 0 Å². The number of aliphatic hydroxyl groups excluding tert-OH is 1. The number of aryl methyl sites for hydroxylation is 1. The van der Waals surface area contributed by atoms with E-state index in [0.29, 0.717) is 16.0 Å². The SMILES string of the molecule is Cc1nc(N)nc2c1sc(=O)n2[C@@H]1O[C@H](CO)S[C@H]1CC(=O)O. The summed E-state index contributed by atoms with van der Waals surface area (Å²) in [6.07, 6.45) is -1.03. The second-order valence-electron chi connectivity index (χ2n) is 4.97. The number of aliphatic carboxylic acids is 1. The van der Waals surface area contributed by atoms with Crippen LogP contribution in [0.1, 0.15) is 18.3 Å². The second kappa shape index (κ2) is 6.07. The minimum absolute atomic E-state index is 0.0284. The van der Waals surface area contributed by atoms with Crippen molar-refractivity contribution in [1.29, 1.82) is 0 Å². The highest BCUT2D eigenvalue weighted by Gasteiger charge is 2.40. The van der Waals surface area contributed by atoms with Crippen LogP contribution in [0.25, 0.3) is 10.3 Å². The molecule has 0 radical (unpaired) electrons. The minimum Gasteiger partial charge on any atom is -0.481 e. The zero-order valence-corrected chi connectivity index (χ0v) is 13.6. The number of nitrogens with two attached hydrogens (primary N) is 1. The molecule has 124 valence electrons. The highest BCUT2D eigenvalue weighted by atomic mass is 32.2. The summed E-state index contributed by atoms with van der Waals surface area (Å²) in [6, 6.07) is 0. The van der Waals surface area contributed by atoms with E-state index in [4.69, 9.17) is 15.6 Å². The Morgan fingerprint density at radius 1 is 1.48 bits per heavy atom. The number of nitrogen functional groups attached to an aromatic ring is 1. The Morgan fingerprint density at radius 3 is 2.87 bits per heavy atom. The third-order valence-corrected chi connectivity index (χ3v) is 5.73. The van der Waals surface area contributed by atoms with Gasteiger partial charge in [-0.1, -0.05) is 11.3 Å². The third-order valence-electron chi connectivity index (χ3n) is 3.36. The summed E-state index contributed by atoms with van der Waals surface area (Å²) >= 11 is 2.15. The van der Waals surface area contributed by atoms with Gasteiger partial charge in [0, 0.05) is 0 Å². The minimum atomic E-state index is -1.01. The Bertz CT molecular complexity index is 820. The Balaban J connectivity index is 2.12. The van der Waals surface area contributed by atoms with E-state index in [1.807, 2.05) is 0 Å². The van der Waals surface area contributed by atoms with Crippen LogP contribution in [0.4, 0.5) is 5.95 Å². The molecule has 1 aliphatic heterocycles. The van der Waals surface area contributed by atoms with Gasteiger partial charge in [-0.05, 0) is 6.92 Å². The van der Waals surface area contributed by atoms with Crippen molar-refractivity contribution in [3.63, 3.8) is 0 Å². The molecule has 1 fully saturated rings. The van der Waals surface area contributed by atoms with Crippen LogP contribution >= 0.6 is 23.1 Å². The van der Waals surface area contributed by atoms with E-state index in [1.165, 1.54) is 16.3 Å². The van der Waals surface area contributed by atoms with Gasteiger partial charge >= 0.3 is 10.8 Å². The van der Waals surface area contributed by atoms with E-state index in [-0.39, 0.29) is 23.8 Å². The molecule has 1 aliphatic rings. The largest absolute Gasteiger partial charge is 0.481 e. The zero-order chi connectivity index (χ0) is 16.7. The fourth-order valence-electron chi connectivity index (χ4n) is 2.47. The first-order valence-electron chi connectivity index (χ1n) is 6.69. The number of carboxylic acids is 1. The lowest BCUT2D eigenvalue weighted by atomic mass is 10.2. The first kappa shape index (κ1) is 16.2. The number of aromatic nitrogens is 3. The summed E-state index contributed by atoms with van der Waals surface area (Å²) < 4.78 is 7.54. The van der Waals surface area contributed by atoms with E-state index >= 15 is 0 Å². The number of carbonyl (C=O) groups is 1. The lowest BCUT2D eigenvalue weighted by Gasteiger charge is -2.17. The molecule has 0 spiro atoms. The molecule has 0 aromatic carbocycles. The molecule has 2 aromatic heterocycles.